The van der Waals surface area contributed by atoms with Gasteiger partial charge in [0.1, 0.15) is 0 Å². The molecule has 72 valence electrons. The first-order chi connectivity index (χ1) is 6.22. The normalized spacial score (nSPS) is 19.8. The number of nitrogens with two attached hydrogens (primary N) is 1. The van der Waals surface area contributed by atoms with Crippen LogP contribution in [0.1, 0.15) is 13.3 Å². The Morgan fingerprint density at radius 3 is 2.54 bits per heavy atom. The average molecular weight is 178 g/mol. The monoisotopic (exact) mass is 178 g/mol. The molecule has 1 saturated heterocycles. The number of rotatable bonds is 4. The molecule has 2 heteroatoms. The molecule has 0 saturated carbocycles. The van der Waals surface area contributed by atoms with Crippen LogP contribution in [0, 0.1) is 0 Å². The van der Waals surface area contributed by atoms with Crippen molar-refractivity contribution in [2.24, 2.45) is 5.73 Å². The summed E-state index contributed by atoms with van der Waals surface area (Å²) in [5.41, 5.74) is 7.62. The lowest BCUT2D eigenvalue weighted by Crippen LogP contribution is -2.38. The molecule has 13 heavy (non-hydrogen) atoms. The lowest BCUT2D eigenvalue weighted by molar-refractivity contribution is 0.200. The van der Waals surface area contributed by atoms with Gasteiger partial charge in [-0.05, 0) is 38.1 Å². The van der Waals surface area contributed by atoms with Crippen molar-refractivity contribution in [3.8, 4) is 0 Å². The van der Waals surface area contributed by atoms with Crippen LogP contribution in [-0.4, -0.2) is 24.5 Å². The zero-order valence-corrected chi connectivity index (χ0v) is 8.29. The summed E-state index contributed by atoms with van der Waals surface area (Å²) in [5, 5.41) is 0. The van der Waals surface area contributed by atoms with Gasteiger partial charge in [-0.25, -0.2) is 0 Å². The van der Waals surface area contributed by atoms with Crippen LogP contribution in [0.3, 0.4) is 0 Å². The Bertz CT molecular complexity index is 230. The van der Waals surface area contributed by atoms with E-state index in [1.54, 1.807) is 0 Å². The SMILES string of the molecule is C=C/C(=C\C=C(\C)N)CN1CCC1. The first-order valence-electron chi connectivity index (χ1n) is 4.70. The summed E-state index contributed by atoms with van der Waals surface area (Å²) in [7, 11) is 0. The molecule has 0 radical (unpaired) electrons. The summed E-state index contributed by atoms with van der Waals surface area (Å²) < 4.78 is 0. The van der Waals surface area contributed by atoms with Crippen LogP contribution in [0.5, 0.6) is 0 Å². The number of allylic oxidation sites excluding steroid dienone is 3. The zero-order chi connectivity index (χ0) is 9.68. The average Bonchev–Trinajstić information content (AvgIpc) is 2.01. The first kappa shape index (κ1) is 10.1. The fourth-order valence-electron chi connectivity index (χ4n) is 1.22. The molecule has 1 aliphatic rings. The van der Waals surface area contributed by atoms with Crippen molar-refractivity contribution in [3.63, 3.8) is 0 Å². The predicted octanol–water partition coefficient (Wildman–Crippen LogP) is 1.67. The first-order valence-corrected chi connectivity index (χ1v) is 4.70. The Balaban J connectivity index is 2.45. The Morgan fingerprint density at radius 2 is 2.15 bits per heavy atom. The molecule has 2 N–H and O–H groups in total. The van der Waals surface area contributed by atoms with Crippen molar-refractivity contribution >= 4 is 0 Å². The Morgan fingerprint density at radius 1 is 1.46 bits per heavy atom. The third-order valence-corrected chi connectivity index (χ3v) is 2.18. The molecule has 1 heterocycles. The fourth-order valence-corrected chi connectivity index (χ4v) is 1.22. The van der Waals surface area contributed by atoms with Gasteiger partial charge >= 0.3 is 0 Å². The molecule has 0 aliphatic carbocycles. The van der Waals surface area contributed by atoms with Crippen LogP contribution in [0.15, 0.2) is 36.1 Å². The van der Waals surface area contributed by atoms with Crippen molar-refractivity contribution in [1.82, 2.24) is 4.90 Å². The van der Waals surface area contributed by atoms with Crippen LogP contribution in [0.4, 0.5) is 0 Å². The van der Waals surface area contributed by atoms with Crippen LogP contribution in [0.25, 0.3) is 0 Å². The molecule has 1 rings (SSSR count). The molecule has 0 atom stereocenters. The molecular weight excluding hydrogens is 160 g/mol. The van der Waals surface area contributed by atoms with Crippen molar-refractivity contribution < 1.29 is 0 Å². The van der Waals surface area contributed by atoms with E-state index >= 15 is 0 Å². The minimum atomic E-state index is 0.836. The Hall–Kier alpha value is -1.02. The topological polar surface area (TPSA) is 29.3 Å². The van der Waals surface area contributed by atoms with Crippen molar-refractivity contribution in [2.45, 2.75) is 13.3 Å². The van der Waals surface area contributed by atoms with Gasteiger partial charge < -0.3 is 5.73 Å². The van der Waals surface area contributed by atoms with Crippen molar-refractivity contribution in [3.05, 3.63) is 36.1 Å². The molecule has 2 nitrogen and oxygen atoms in total. The standard InChI is InChI=1S/C11H18N2/c1-3-11(6-5-10(2)12)9-13-7-4-8-13/h3,5-6H,1,4,7-9,12H2,2H3/b10-5-,11-6+. The quantitative estimate of drug-likeness (QED) is 0.663. The van der Waals surface area contributed by atoms with Gasteiger partial charge in [0, 0.05) is 12.2 Å². The highest BCUT2D eigenvalue weighted by molar-refractivity contribution is 5.25. The van der Waals surface area contributed by atoms with Gasteiger partial charge in [-0.2, -0.15) is 0 Å². The van der Waals surface area contributed by atoms with E-state index in [4.69, 9.17) is 5.73 Å². The number of nitrogens with zero attached hydrogens (tertiary/aromatic N) is 1. The largest absolute Gasteiger partial charge is 0.402 e. The van der Waals surface area contributed by atoms with Gasteiger partial charge in [0.25, 0.3) is 0 Å². The minimum Gasteiger partial charge on any atom is -0.402 e. The Labute approximate surface area is 80.4 Å². The van der Waals surface area contributed by atoms with E-state index in [1.165, 1.54) is 25.1 Å². The summed E-state index contributed by atoms with van der Waals surface area (Å²) in [6.07, 6.45) is 7.20. The summed E-state index contributed by atoms with van der Waals surface area (Å²) in [6.45, 7) is 9.12. The van der Waals surface area contributed by atoms with Gasteiger partial charge in [0.05, 0.1) is 0 Å². The molecule has 0 spiro atoms. The minimum absolute atomic E-state index is 0.836. The number of hydrogen-bond acceptors (Lipinski definition) is 2. The fraction of sp³-hybridized carbons (Fsp3) is 0.455. The highest BCUT2D eigenvalue weighted by Gasteiger charge is 2.13. The molecule has 1 aliphatic heterocycles. The second kappa shape index (κ2) is 4.87. The predicted molar refractivity (Wildman–Crippen MR) is 57.3 cm³/mol. The molecule has 0 aromatic rings. The van der Waals surface area contributed by atoms with E-state index in [2.05, 4.69) is 11.5 Å². The summed E-state index contributed by atoms with van der Waals surface area (Å²) in [5.74, 6) is 0. The van der Waals surface area contributed by atoms with E-state index in [1.807, 2.05) is 25.2 Å². The number of hydrogen-bond donors (Lipinski definition) is 1. The molecular formula is C11H18N2. The van der Waals surface area contributed by atoms with E-state index in [0.717, 1.165) is 12.2 Å². The van der Waals surface area contributed by atoms with Crippen molar-refractivity contribution in [1.29, 1.82) is 0 Å². The highest BCUT2D eigenvalue weighted by Crippen LogP contribution is 2.09. The Kier molecular flexibility index (Phi) is 3.77. The van der Waals surface area contributed by atoms with Crippen LogP contribution in [0.2, 0.25) is 0 Å². The van der Waals surface area contributed by atoms with Crippen LogP contribution in [-0.2, 0) is 0 Å². The second-order valence-electron chi connectivity index (χ2n) is 3.49. The van der Waals surface area contributed by atoms with Gasteiger partial charge in [-0.15, -0.1) is 0 Å². The van der Waals surface area contributed by atoms with E-state index in [9.17, 15) is 0 Å². The summed E-state index contributed by atoms with van der Waals surface area (Å²) in [6, 6.07) is 0. The van der Waals surface area contributed by atoms with E-state index in [-0.39, 0.29) is 0 Å². The third-order valence-electron chi connectivity index (χ3n) is 2.18. The molecule has 0 aromatic carbocycles. The maximum Gasteiger partial charge on any atom is 0.0233 e. The molecule has 0 aromatic heterocycles. The number of likely N-dealkylation sites (tertiary alicyclic amines) is 1. The summed E-state index contributed by atoms with van der Waals surface area (Å²) in [4.78, 5) is 2.40. The molecule has 0 amide bonds. The van der Waals surface area contributed by atoms with E-state index in [0.29, 0.717) is 0 Å². The van der Waals surface area contributed by atoms with Crippen LogP contribution < -0.4 is 5.73 Å². The van der Waals surface area contributed by atoms with Gasteiger partial charge in [0.2, 0.25) is 0 Å². The highest BCUT2D eigenvalue weighted by atomic mass is 15.2. The van der Waals surface area contributed by atoms with Gasteiger partial charge in [0.15, 0.2) is 0 Å². The third kappa shape index (κ3) is 3.47. The van der Waals surface area contributed by atoms with Gasteiger partial charge in [-0.1, -0.05) is 18.7 Å². The lowest BCUT2D eigenvalue weighted by atomic mass is 10.1. The summed E-state index contributed by atoms with van der Waals surface area (Å²) >= 11 is 0. The molecule has 0 bridgehead atoms. The lowest BCUT2D eigenvalue weighted by Gasteiger charge is -2.30. The van der Waals surface area contributed by atoms with Crippen molar-refractivity contribution in [2.75, 3.05) is 19.6 Å². The molecule has 1 fully saturated rings. The molecule has 0 unspecified atom stereocenters. The van der Waals surface area contributed by atoms with E-state index < -0.39 is 0 Å². The van der Waals surface area contributed by atoms with Gasteiger partial charge in [-0.3, -0.25) is 4.90 Å². The zero-order valence-electron chi connectivity index (χ0n) is 8.29. The van der Waals surface area contributed by atoms with Crippen LogP contribution >= 0.6 is 0 Å². The maximum atomic E-state index is 5.54. The smallest absolute Gasteiger partial charge is 0.0233 e. The maximum absolute atomic E-state index is 5.54. The second-order valence-corrected chi connectivity index (χ2v) is 3.49.